The van der Waals surface area contributed by atoms with Gasteiger partial charge in [0.2, 0.25) is 5.91 Å². The molecule has 1 atom stereocenters. The Kier molecular flexibility index (Phi) is 7.79. The summed E-state index contributed by atoms with van der Waals surface area (Å²) in [5.74, 6) is 5.91. The van der Waals surface area contributed by atoms with Gasteiger partial charge in [0, 0.05) is 39.8 Å². The topological polar surface area (TPSA) is 74.4 Å². The second-order valence-corrected chi connectivity index (χ2v) is 7.80. The number of likely N-dealkylation sites (tertiary alicyclic amines) is 1. The summed E-state index contributed by atoms with van der Waals surface area (Å²) in [6, 6.07) is 8.24. The van der Waals surface area contributed by atoms with Crippen molar-refractivity contribution in [2.45, 2.75) is 25.9 Å². The first kappa shape index (κ1) is 22.2. The van der Waals surface area contributed by atoms with Crippen LogP contribution >= 0.6 is 0 Å². The van der Waals surface area contributed by atoms with Gasteiger partial charge in [-0.3, -0.25) is 9.69 Å². The summed E-state index contributed by atoms with van der Waals surface area (Å²) in [4.78, 5) is 21.1. The first-order valence-corrected chi connectivity index (χ1v) is 10.6. The molecule has 7 heteroatoms. The van der Waals surface area contributed by atoms with E-state index in [1.54, 1.807) is 13.4 Å². The zero-order valence-electron chi connectivity index (χ0n) is 18.1. The molecule has 0 saturated carbocycles. The molecule has 30 heavy (non-hydrogen) atoms. The Labute approximate surface area is 179 Å². The summed E-state index contributed by atoms with van der Waals surface area (Å²) in [6.45, 7) is 10.3. The number of nitrogens with two attached hydrogens (primary N) is 1. The minimum atomic E-state index is 0.201. The van der Waals surface area contributed by atoms with Gasteiger partial charge in [0.1, 0.15) is 6.34 Å². The maximum Gasteiger partial charge on any atom is 0.237 e. The van der Waals surface area contributed by atoms with Crippen LogP contribution in [-0.4, -0.2) is 79.5 Å². The van der Waals surface area contributed by atoms with Gasteiger partial charge in [-0.15, -0.1) is 0 Å². The number of amides is 1. The lowest BCUT2D eigenvalue weighted by Crippen LogP contribution is -2.41. The first-order valence-electron chi connectivity index (χ1n) is 10.6. The fraction of sp³-hybridized carbons (Fsp3) is 0.478. The number of methoxy groups -OCH3 is 1. The van der Waals surface area contributed by atoms with E-state index >= 15 is 0 Å². The summed E-state index contributed by atoms with van der Waals surface area (Å²) < 4.78 is 5.39. The van der Waals surface area contributed by atoms with Crippen LogP contribution in [0.1, 0.15) is 30.9 Å². The van der Waals surface area contributed by atoms with Gasteiger partial charge >= 0.3 is 0 Å². The van der Waals surface area contributed by atoms with Crippen LogP contribution in [0.5, 0.6) is 0 Å². The molecule has 3 rings (SSSR count). The van der Waals surface area contributed by atoms with Crippen LogP contribution in [0.2, 0.25) is 0 Å². The average molecular weight is 412 g/mol. The largest absolute Gasteiger partial charge is 0.380 e. The molecular formula is C23H33N5O2. The summed E-state index contributed by atoms with van der Waals surface area (Å²) >= 11 is 0. The third kappa shape index (κ3) is 5.78. The van der Waals surface area contributed by atoms with E-state index in [4.69, 9.17) is 10.6 Å². The Morgan fingerprint density at radius 1 is 1.37 bits per heavy atom. The van der Waals surface area contributed by atoms with Crippen molar-refractivity contribution >= 4 is 23.5 Å². The molecule has 0 aliphatic carbocycles. The number of carbonyl (C=O) groups is 1. The normalized spacial score (nSPS) is 19.9. The fourth-order valence-corrected chi connectivity index (χ4v) is 3.76. The Morgan fingerprint density at radius 2 is 2.13 bits per heavy atom. The van der Waals surface area contributed by atoms with Gasteiger partial charge in [0.25, 0.3) is 0 Å². The van der Waals surface area contributed by atoms with Crippen LogP contribution in [0.15, 0.2) is 41.9 Å². The van der Waals surface area contributed by atoms with Gasteiger partial charge < -0.3 is 14.6 Å². The summed E-state index contributed by atoms with van der Waals surface area (Å²) in [7, 11) is 1.74. The summed E-state index contributed by atoms with van der Waals surface area (Å²) in [5.41, 5.74) is 4.10. The zero-order valence-corrected chi connectivity index (χ0v) is 18.1. The highest BCUT2D eigenvalue weighted by atomic mass is 16.5. The first-order chi connectivity index (χ1) is 14.5. The number of hydrogen-bond donors (Lipinski definition) is 1. The SMILES string of the molecule is C=C(/N=C\N(N)CC)c1ccc(C2=CCN(C(=O)CN3CC[C@H](OC)C3)CC2)cc1. The lowest BCUT2D eigenvalue weighted by atomic mass is 9.98. The quantitative estimate of drug-likeness (QED) is 0.307. The molecule has 2 aliphatic rings. The van der Waals surface area contributed by atoms with Crippen LogP contribution < -0.4 is 5.84 Å². The molecule has 2 N–H and O–H groups in total. The van der Waals surface area contributed by atoms with E-state index in [0.717, 1.165) is 38.0 Å². The van der Waals surface area contributed by atoms with Crippen molar-refractivity contribution in [3.63, 3.8) is 0 Å². The highest BCUT2D eigenvalue weighted by molar-refractivity contribution is 5.80. The monoisotopic (exact) mass is 411 g/mol. The minimum Gasteiger partial charge on any atom is -0.380 e. The molecule has 0 radical (unpaired) electrons. The molecule has 2 heterocycles. The molecule has 162 valence electrons. The molecule has 1 amide bonds. The van der Waals surface area contributed by atoms with Gasteiger partial charge in [-0.05, 0) is 36.5 Å². The number of hydrogen-bond acceptors (Lipinski definition) is 5. The van der Waals surface area contributed by atoms with E-state index in [1.165, 1.54) is 16.1 Å². The standard InChI is InChI=1S/C23H33N5O2/c1-4-28(24)17-25-18(2)19-5-7-20(8-6-19)21-9-13-27(14-10-21)23(29)16-26-12-11-22(15-26)30-3/h5-9,17,22H,2,4,10-16,24H2,1,3H3/b25-17-/t22-/m0/s1. The molecule has 0 unspecified atom stereocenters. The molecule has 1 saturated heterocycles. The molecule has 1 fully saturated rings. The van der Waals surface area contributed by atoms with Crippen LogP contribution in [0, 0.1) is 0 Å². The van der Waals surface area contributed by atoms with E-state index in [0.29, 0.717) is 25.3 Å². The van der Waals surface area contributed by atoms with Crippen LogP contribution in [0.4, 0.5) is 0 Å². The second-order valence-electron chi connectivity index (χ2n) is 7.80. The van der Waals surface area contributed by atoms with Crippen LogP contribution in [-0.2, 0) is 9.53 Å². The number of hydrazine groups is 1. The van der Waals surface area contributed by atoms with E-state index < -0.39 is 0 Å². The maximum absolute atomic E-state index is 12.6. The van der Waals surface area contributed by atoms with E-state index in [-0.39, 0.29) is 12.0 Å². The van der Waals surface area contributed by atoms with Crippen molar-refractivity contribution < 1.29 is 9.53 Å². The predicted molar refractivity (Wildman–Crippen MR) is 122 cm³/mol. The Morgan fingerprint density at radius 3 is 2.73 bits per heavy atom. The Hall–Kier alpha value is -2.48. The lowest BCUT2D eigenvalue weighted by Gasteiger charge is -2.28. The molecule has 7 nitrogen and oxygen atoms in total. The third-order valence-electron chi connectivity index (χ3n) is 5.80. The van der Waals surface area contributed by atoms with Gasteiger partial charge in [0.05, 0.1) is 18.3 Å². The number of rotatable bonds is 8. The van der Waals surface area contributed by atoms with Gasteiger partial charge in [-0.2, -0.15) is 0 Å². The fourth-order valence-electron chi connectivity index (χ4n) is 3.76. The van der Waals surface area contributed by atoms with Gasteiger partial charge in [0.15, 0.2) is 0 Å². The van der Waals surface area contributed by atoms with Crippen molar-refractivity contribution in [2.24, 2.45) is 10.8 Å². The number of benzene rings is 1. The molecule has 0 aromatic heterocycles. The molecular weight excluding hydrogens is 378 g/mol. The van der Waals surface area contributed by atoms with Crippen molar-refractivity contribution in [2.75, 3.05) is 46.4 Å². The van der Waals surface area contributed by atoms with Crippen LogP contribution in [0.25, 0.3) is 11.3 Å². The maximum atomic E-state index is 12.6. The molecule has 2 aliphatic heterocycles. The van der Waals surface area contributed by atoms with Crippen molar-refractivity contribution in [1.29, 1.82) is 0 Å². The van der Waals surface area contributed by atoms with Crippen molar-refractivity contribution in [1.82, 2.24) is 14.8 Å². The van der Waals surface area contributed by atoms with Crippen LogP contribution in [0.3, 0.4) is 0 Å². The zero-order chi connectivity index (χ0) is 21.5. The number of nitrogens with zero attached hydrogens (tertiary/aromatic N) is 4. The van der Waals surface area contributed by atoms with Gasteiger partial charge in [-0.25, -0.2) is 10.8 Å². The third-order valence-corrected chi connectivity index (χ3v) is 5.80. The number of ether oxygens (including phenoxy) is 1. The Balaban J connectivity index is 1.53. The van der Waals surface area contributed by atoms with Crippen molar-refractivity contribution in [3.8, 4) is 0 Å². The Bertz CT molecular complexity index is 802. The van der Waals surface area contributed by atoms with E-state index in [9.17, 15) is 4.79 Å². The van der Waals surface area contributed by atoms with Crippen molar-refractivity contribution in [3.05, 3.63) is 48.0 Å². The number of carbonyl (C=O) groups excluding carboxylic acids is 1. The molecule has 1 aromatic rings. The predicted octanol–water partition coefficient (Wildman–Crippen LogP) is 2.22. The smallest absolute Gasteiger partial charge is 0.237 e. The highest BCUT2D eigenvalue weighted by Gasteiger charge is 2.26. The van der Waals surface area contributed by atoms with E-state index in [1.807, 2.05) is 24.0 Å². The molecule has 1 aromatic carbocycles. The second kappa shape index (κ2) is 10.5. The summed E-state index contributed by atoms with van der Waals surface area (Å²) in [6.07, 6.45) is 5.88. The van der Waals surface area contributed by atoms with E-state index in [2.05, 4.69) is 34.7 Å². The lowest BCUT2D eigenvalue weighted by molar-refractivity contribution is -0.131. The van der Waals surface area contributed by atoms with Gasteiger partial charge in [-0.1, -0.05) is 36.9 Å². The molecule has 0 bridgehead atoms. The summed E-state index contributed by atoms with van der Waals surface area (Å²) in [5, 5.41) is 1.51. The number of aliphatic imine (C=N–C) groups is 1. The molecule has 0 spiro atoms. The highest BCUT2D eigenvalue weighted by Crippen LogP contribution is 2.24. The minimum absolute atomic E-state index is 0.201. The average Bonchev–Trinajstić information content (AvgIpc) is 3.25.